The topological polar surface area (TPSA) is 37.3 Å². The van der Waals surface area contributed by atoms with Crippen LogP contribution in [0, 0.1) is 12.3 Å². The van der Waals surface area contributed by atoms with E-state index < -0.39 is 30.1 Å². The zero-order chi connectivity index (χ0) is 14.1. The third-order valence-electron chi connectivity index (χ3n) is 3.83. The van der Waals surface area contributed by atoms with Crippen molar-refractivity contribution in [2.75, 3.05) is 0 Å². The molecular weight excluding hydrogens is 250 g/mol. The maximum atomic E-state index is 13.2. The Labute approximate surface area is 110 Å². The number of benzene rings is 1. The standard InChI is InChI=1S/C15H14F2O2/c1-2-11-4-3-5-12(10-11)14(13(18)19)6-8-15(16,17)9-7-14/h1,3-5,10H,6-9H2,(H,18,19). The highest BCUT2D eigenvalue weighted by Crippen LogP contribution is 2.45. The van der Waals surface area contributed by atoms with E-state index in [9.17, 15) is 18.7 Å². The van der Waals surface area contributed by atoms with Crippen molar-refractivity contribution in [3.05, 3.63) is 35.4 Å². The van der Waals surface area contributed by atoms with Gasteiger partial charge >= 0.3 is 5.97 Å². The highest BCUT2D eigenvalue weighted by molar-refractivity contribution is 5.81. The first-order valence-electron chi connectivity index (χ1n) is 6.08. The molecule has 0 bridgehead atoms. The van der Waals surface area contributed by atoms with E-state index in [1.165, 1.54) is 0 Å². The molecule has 0 aliphatic heterocycles. The van der Waals surface area contributed by atoms with Gasteiger partial charge in [-0.2, -0.15) is 0 Å². The number of halogens is 2. The number of carboxylic acid groups (broad SMARTS) is 1. The molecule has 1 aromatic rings. The average Bonchev–Trinajstić information content (AvgIpc) is 2.39. The number of hydrogen-bond acceptors (Lipinski definition) is 1. The van der Waals surface area contributed by atoms with Crippen molar-refractivity contribution >= 4 is 5.97 Å². The third kappa shape index (κ3) is 2.46. The quantitative estimate of drug-likeness (QED) is 0.833. The number of rotatable bonds is 2. The van der Waals surface area contributed by atoms with E-state index in [-0.39, 0.29) is 12.8 Å². The molecular formula is C15H14F2O2. The summed E-state index contributed by atoms with van der Waals surface area (Å²) >= 11 is 0. The Morgan fingerprint density at radius 3 is 2.42 bits per heavy atom. The summed E-state index contributed by atoms with van der Waals surface area (Å²) in [5.74, 6) is -1.38. The van der Waals surface area contributed by atoms with E-state index in [1.54, 1.807) is 24.3 Å². The molecule has 0 radical (unpaired) electrons. The summed E-state index contributed by atoms with van der Waals surface area (Å²) in [7, 11) is 0. The molecule has 1 aliphatic carbocycles. The molecule has 0 amide bonds. The normalized spacial score (nSPS) is 20.5. The highest BCUT2D eigenvalue weighted by atomic mass is 19.3. The molecule has 0 unspecified atom stereocenters. The first kappa shape index (κ1) is 13.5. The van der Waals surface area contributed by atoms with Gasteiger partial charge in [0, 0.05) is 18.4 Å². The Morgan fingerprint density at radius 2 is 1.89 bits per heavy atom. The maximum absolute atomic E-state index is 13.2. The summed E-state index contributed by atoms with van der Waals surface area (Å²) in [5.41, 5.74) is -0.157. The highest BCUT2D eigenvalue weighted by Gasteiger charge is 2.49. The van der Waals surface area contributed by atoms with Crippen molar-refractivity contribution in [1.29, 1.82) is 0 Å². The fourth-order valence-corrected chi connectivity index (χ4v) is 2.58. The van der Waals surface area contributed by atoms with Crippen molar-refractivity contribution in [3.63, 3.8) is 0 Å². The van der Waals surface area contributed by atoms with Gasteiger partial charge in [0.05, 0.1) is 5.41 Å². The predicted molar refractivity (Wildman–Crippen MR) is 67.1 cm³/mol. The molecule has 2 rings (SSSR count). The van der Waals surface area contributed by atoms with E-state index >= 15 is 0 Å². The summed E-state index contributed by atoms with van der Waals surface area (Å²) in [4.78, 5) is 11.6. The molecule has 0 saturated heterocycles. The molecule has 0 spiro atoms. The molecule has 1 fully saturated rings. The molecule has 19 heavy (non-hydrogen) atoms. The molecule has 0 atom stereocenters. The number of terminal acetylenes is 1. The van der Waals surface area contributed by atoms with Gasteiger partial charge in [-0.15, -0.1) is 6.42 Å². The van der Waals surface area contributed by atoms with E-state index in [1.807, 2.05) is 0 Å². The number of hydrogen-bond donors (Lipinski definition) is 1. The zero-order valence-electron chi connectivity index (χ0n) is 10.3. The first-order valence-corrected chi connectivity index (χ1v) is 6.08. The molecule has 2 nitrogen and oxygen atoms in total. The van der Waals surface area contributed by atoms with E-state index in [2.05, 4.69) is 5.92 Å². The summed E-state index contributed by atoms with van der Waals surface area (Å²) in [6, 6.07) is 6.62. The van der Waals surface area contributed by atoms with Gasteiger partial charge in [-0.25, -0.2) is 8.78 Å². The Hall–Kier alpha value is -1.89. The Bertz CT molecular complexity index is 533. The van der Waals surface area contributed by atoms with Crippen LogP contribution in [0.3, 0.4) is 0 Å². The Balaban J connectivity index is 2.41. The SMILES string of the molecule is C#Cc1cccc(C2(C(=O)O)CCC(F)(F)CC2)c1. The molecule has 4 heteroatoms. The van der Waals surface area contributed by atoms with Crippen LogP contribution in [0.5, 0.6) is 0 Å². The maximum Gasteiger partial charge on any atom is 0.314 e. The van der Waals surface area contributed by atoms with Crippen LogP contribution < -0.4 is 0 Å². The van der Waals surface area contributed by atoms with Crippen molar-refractivity contribution in [3.8, 4) is 12.3 Å². The minimum Gasteiger partial charge on any atom is -0.481 e. The largest absolute Gasteiger partial charge is 0.481 e. The monoisotopic (exact) mass is 264 g/mol. The van der Waals surface area contributed by atoms with Gasteiger partial charge in [-0.1, -0.05) is 18.1 Å². The van der Waals surface area contributed by atoms with Gasteiger partial charge in [0.2, 0.25) is 5.92 Å². The van der Waals surface area contributed by atoms with Crippen LogP contribution in [0.15, 0.2) is 24.3 Å². The lowest BCUT2D eigenvalue weighted by Gasteiger charge is -2.37. The van der Waals surface area contributed by atoms with Crippen molar-refractivity contribution < 1.29 is 18.7 Å². The third-order valence-corrected chi connectivity index (χ3v) is 3.83. The lowest BCUT2D eigenvalue weighted by molar-refractivity contribution is -0.149. The Kier molecular flexibility index (Phi) is 3.32. The predicted octanol–water partition coefficient (Wildman–Crippen LogP) is 3.20. The summed E-state index contributed by atoms with van der Waals surface area (Å²) in [6.45, 7) is 0. The molecule has 1 saturated carbocycles. The van der Waals surface area contributed by atoms with Gasteiger partial charge < -0.3 is 5.11 Å². The fraction of sp³-hybridized carbons (Fsp3) is 0.400. The Morgan fingerprint density at radius 1 is 1.26 bits per heavy atom. The lowest BCUT2D eigenvalue weighted by Crippen LogP contribution is -2.42. The van der Waals surface area contributed by atoms with E-state index in [0.29, 0.717) is 11.1 Å². The van der Waals surface area contributed by atoms with Crippen molar-refractivity contribution in [1.82, 2.24) is 0 Å². The molecule has 0 heterocycles. The van der Waals surface area contributed by atoms with Crippen LogP contribution in [0.25, 0.3) is 0 Å². The second kappa shape index (κ2) is 4.65. The van der Waals surface area contributed by atoms with E-state index in [4.69, 9.17) is 6.42 Å². The molecule has 1 N–H and O–H groups in total. The number of carboxylic acids is 1. The van der Waals surface area contributed by atoms with Gasteiger partial charge in [-0.05, 0) is 30.5 Å². The summed E-state index contributed by atoms with van der Waals surface area (Å²) < 4.78 is 26.5. The second-order valence-corrected chi connectivity index (χ2v) is 4.97. The lowest BCUT2D eigenvalue weighted by atomic mass is 9.68. The van der Waals surface area contributed by atoms with Crippen LogP contribution >= 0.6 is 0 Å². The number of alkyl halides is 2. The zero-order valence-corrected chi connectivity index (χ0v) is 10.3. The second-order valence-electron chi connectivity index (χ2n) is 4.97. The number of carbonyl (C=O) groups is 1. The molecule has 1 aromatic carbocycles. The first-order chi connectivity index (χ1) is 8.89. The molecule has 100 valence electrons. The summed E-state index contributed by atoms with van der Waals surface area (Å²) in [6.07, 6.45) is 4.35. The van der Waals surface area contributed by atoms with Crippen LogP contribution in [-0.4, -0.2) is 17.0 Å². The minimum atomic E-state index is -2.76. The number of aliphatic carboxylic acids is 1. The van der Waals surface area contributed by atoms with Gasteiger partial charge in [-0.3, -0.25) is 4.79 Å². The van der Waals surface area contributed by atoms with Crippen LogP contribution in [-0.2, 0) is 10.2 Å². The van der Waals surface area contributed by atoms with Crippen molar-refractivity contribution in [2.24, 2.45) is 0 Å². The van der Waals surface area contributed by atoms with Crippen LogP contribution in [0.1, 0.15) is 36.8 Å². The molecule has 1 aliphatic rings. The van der Waals surface area contributed by atoms with Crippen LogP contribution in [0.2, 0.25) is 0 Å². The van der Waals surface area contributed by atoms with Crippen molar-refractivity contribution in [2.45, 2.75) is 37.0 Å². The smallest absolute Gasteiger partial charge is 0.314 e. The molecule has 0 aromatic heterocycles. The van der Waals surface area contributed by atoms with Crippen LogP contribution in [0.4, 0.5) is 8.78 Å². The summed E-state index contributed by atoms with van der Waals surface area (Å²) in [5, 5.41) is 9.48. The van der Waals surface area contributed by atoms with Gasteiger partial charge in [0.1, 0.15) is 0 Å². The fourth-order valence-electron chi connectivity index (χ4n) is 2.58. The minimum absolute atomic E-state index is 0.0661. The van der Waals surface area contributed by atoms with E-state index in [0.717, 1.165) is 0 Å². The van der Waals surface area contributed by atoms with Gasteiger partial charge in [0.15, 0.2) is 0 Å². The van der Waals surface area contributed by atoms with Gasteiger partial charge in [0.25, 0.3) is 0 Å². The average molecular weight is 264 g/mol.